The largest absolute Gasteiger partial charge is 0.493 e. The summed E-state index contributed by atoms with van der Waals surface area (Å²) in [5, 5.41) is 1.70. The smallest absolute Gasteiger partial charge is 0.336 e. The van der Waals surface area contributed by atoms with E-state index in [9.17, 15) is 4.79 Å². The summed E-state index contributed by atoms with van der Waals surface area (Å²) in [5.74, 6) is 0.670. The number of rotatable bonds is 1. The third-order valence-corrected chi connectivity index (χ3v) is 2.50. The maximum absolute atomic E-state index is 11.1. The molecule has 0 unspecified atom stereocenters. The normalized spacial score (nSPS) is 11.1. The molecule has 0 N–H and O–H groups in total. The third kappa shape index (κ3) is 1.20. The molecule has 0 bridgehead atoms. The molecule has 0 amide bonds. The lowest BCUT2D eigenvalue weighted by molar-refractivity contribution is 0.410. The standard InChI is InChI=1S/C12H8O4/c1-14-11-6-15-10-5-9-7(4-8(10)11)2-3-12(13)16-9/h2-6H,1H3. The zero-order valence-corrected chi connectivity index (χ0v) is 8.52. The molecule has 80 valence electrons. The fourth-order valence-electron chi connectivity index (χ4n) is 1.73. The van der Waals surface area contributed by atoms with Gasteiger partial charge in [-0.15, -0.1) is 0 Å². The summed E-state index contributed by atoms with van der Waals surface area (Å²) in [7, 11) is 1.58. The Labute approximate surface area is 90.0 Å². The highest BCUT2D eigenvalue weighted by Gasteiger charge is 2.08. The van der Waals surface area contributed by atoms with Crippen LogP contribution in [0.3, 0.4) is 0 Å². The van der Waals surface area contributed by atoms with Gasteiger partial charge in [-0.05, 0) is 12.1 Å². The van der Waals surface area contributed by atoms with E-state index in [4.69, 9.17) is 13.6 Å². The summed E-state index contributed by atoms with van der Waals surface area (Å²) in [6, 6.07) is 6.66. The highest BCUT2D eigenvalue weighted by molar-refractivity contribution is 5.96. The molecule has 0 atom stereocenters. The monoisotopic (exact) mass is 216 g/mol. The molecule has 3 rings (SSSR count). The van der Waals surface area contributed by atoms with Crippen LogP contribution in [0.5, 0.6) is 5.75 Å². The zero-order valence-electron chi connectivity index (χ0n) is 8.52. The Balaban J connectivity index is 2.45. The molecule has 4 nitrogen and oxygen atoms in total. The van der Waals surface area contributed by atoms with E-state index in [1.807, 2.05) is 6.07 Å². The van der Waals surface area contributed by atoms with Gasteiger partial charge < -0.3 is 13.6 Å². The van der Waals surface area contributed by atoms with Crippen molar-refractivity contribution in [2.45, 2.75) is 0 Å². The summed E-state index contributed by atoms with van der Waals surface area (Å²) in [4.78, 5) is 11.1. The molecule has 0 aliphatic carbocycles. The van der Waals surface area contributed by atoms with Gasteiger partial charge in [0.25, 0.3) is 0 Å². The van der Waals surface area contributed by atoms with Crippen LogP contribution in [0.1, 0.15) is 0 Å². The van der Waals surface area contributed by atoms with Crippen LogP contribution >= 0.6 is 0 Å². The highest BCUT2D eigenvalue weighted by atomic mass is 16.5. The van der Waals surface area contributed by atoms with Crippen LogP contribution in [0.4, 0.5) is 0 Å². The molecule has 2 heterocycles. The van der Waals surface area contributed by atoms with E-state index in [1.54, 1.807) is 19.2 Å². The second-order valence-electron chi connectivity index (χ2n) is 3.44. The minimum atomic E-state index is -0.370. The summed E-state index contributed by atoms with van der Waals surface area (Å²) < 4.78 is 15.5. The van der Waals surface area contributed by atoms with Gasteiger partial charge in [-0.3, -0.25) is 0 Å². The predicted octanol–water partition coefficient (Wildman–Crippen LogP) is 2.55. The maximum atomic E-state index is 11.1. The zero-order chi connectivity index (χ0) is 11.1. The topological polar surface area (TPSA) is 52.6 Å². The Morgan fingerprint density at radius 2 is 2.06 bits per heavy atom. The average molecular weight is 216 g/mol. The minimum Gasteiger partial charge on any atom is -0.493 e. The molecule has 4 heteroatoms. The van der Waals surface area contributed by atoms with Crippen molar-refractivity contribution in [1.29, 1.82) is 0 Å². The lowest BCUT2D eigenvalue weighted by Gasteiger charge is -1.97. The first-order valence-corrected chi connectivity index (χ1v) is 4.77. The molecule has 16 heavy (non-hydrogen) atoms. The number of hydrogen-bond donors (Lipinski definition) is 0. The first-order chi connectivity index (χ1) is 7.78. The van der Waals surface area contributed by atoms with E-state index in [-0.39, 0.29) is 5.63 Å². The molecule has 0 spiro atoms. The van der Waals surface area contributed by atoms with Crippen molar-refractivity contribution in [3.63, 3.8) is 0 Å². The number of hydrogen-bond acceptors (Lipinski definition) is 4. The molecule has 0 aliphatic heterocycles. The second-order valence-corrected chi connectivity index (χ2v) is 3.44. The number of methoxy groups -OCH3 is 1. The molecule has 0 radical (unpaired) electrons. The van der Waals surface area contributed by atoms with Gasteiger partial charge in [0.2, 0.25) is 0 Å². The third-order valence-electron chi connectivity index (χ3n) is 2.50. The molecular weight excluding hydrogens is 208 g/mol. The van der Waals surface area contributed by atoms with Gasteiger partial charge in [0.1, 0.15) is 17.4 Å². The number of benzene rings is 1. The van der Waals surface area contributed by atoms with Crippen LogP contribution in [0, 0.1) is 0 Å². The Morgan fingerprint density at radius 1 is 1.19 bits per heavy atom. The van der Waals surface area contributed by atoms with Crippen molar-refractivity contribution in [2.24, 2.45) is 0 Å². The predicted molar refractivity (Wildman–Crippen MR) is 58.8 cm³/mol. The summed E-state index contributed by atoms with van der Waals surface area (Å²) >= 11 is 0. The average Bonchev–Trinajstić information content (AvgIpc) is 2.68. The molecular formula is C12H8O4. The molecule has 2 aromatic heterocycles. The van der Waals surface area contributed by atoms with E-state index in [0.29, 0.717) is 16.9 Å². The van der Waals surface area contributed by atoms with Crippen molar-refractivity contribution in [3.05, 3.63) is 40.9 Å². The Morgan fingerprint density at radius 3 is 2.88 bits per heavy atom. The van der Waals surface area contributed by atoms with Crippen LogP contribution in [0.15, 0.2) is 44.2 Å². The molecule has 0 aliphatic rings. The quantitative estimate of drug-likeness (QED) is 0.586. The molecule has 1 aromatic carbocycles. The fourth-order valence-corrected chi connectivity index (χ4v) is 1.73. The van der Waals surface area contributed by atoms with Gasteiger partial charge in [-0.1, -0.05) is 0 Å². The van der Waals surface area contributed by atoms with Gasteiger partial charge in [0.15, 0.2) is 5.75 Å². The van der Waals surface area contributed by atoms with E-state index in [2.05, 4.69) is 0 Å². The van der Waals surface area contributed by atoms with Crippen LogP contribution < -0.4 is 10.4 Å². The highest BCUT2D eigenvalue weighted by Crippen LogP contribution is 2.30. The van der Waals surface area contributed by atoms with E-state index >= 15 is 0 Å². The SMILES string of the molecule is COc1coc2cc3oc(=O)ccc3cc12. The van der Waals surface area contributed by atoms with Gasteiger partial charge in [-0.25, -0.2) is 4.79 Å². The van der Waals surface area contributed by atoms with E-state index in [0.717, 1.165) is 10.8 Å². The van der Waals surface area contributed by atoms with E-state index in [1.165, 1.54) is 12.3 Å². The molecule has 0 saturated carbocycles. The summed E-state index contributed by atoms with van der Waals surface area (Å²) in [6.45, 7) is 0. The fraction of sp³-hybridized carbons (Fsp3) is 0.0833. The molecule has 0 saturated heterocycles. The summed E-state index contributed by atoms with van der Waals surface area (Å²) in [5.41, 5.74) is 0.779. The van der Waals surface area contributed by atoms with Crippen LogP contribution in [0.25, 0.3) is 21.9 Å². The molecule has 0 fully saturated rings. The molecule has 3 aromatic rings. The number of ether oxygens (including phenoxy) is 1. The Kier molecular flexibility index (Phi) is 1.77. The van der Waals surface area contributed by atoms with Gasteiger partial charge in [0, 0.05) is 17.5 Å². The van der Waals surface area contributed by atoms with Gasteiger partial charge >= 0.3 is 5.63 Å². The van der Waals surface area contributed by atoms with Crippen molar-refractivity contribution in [3.8, 4) is 5.75 Å². The first-order valence-electron chi connectivity index (χ1n) is 4.77. The van der Waals surface area contributed by atoms with Crippen molar-refractivity contribution < 1.29 is 13.6 Å². The van der Waals surface area contributed by atoms with E-state index < -0.39 is 0 Å². The lowest BCUT2D eigenvalue weighted by atomic mass is 10.2. The summed E-state index contributed by atoms with van der Waals surface area (Å²) in [6.07, 6.45) is 1.53. The maximum Gasteiger partial charge on any atom is 0.336 e. The van der Waals surface area contributed by atoms with Crippen molar-refractivity contribution in [1.82, 2.24) is 0 Å². The number of furan rings is 1. The van der Waals surface area contributed by atoms with Crippen LogP contribution in [-0.2, 0) is 0 Å². The Bertz CT molecular complexity index is 721. The van der Waals surface area contributed by atoms with Crippen LogP contribution in [-0.4, -0.2) is 7.11 Å². The van der Waals surface area contributed by atoms with Crippen LogP contribution in [0.2, 0.25) is 0 Å². The van der Waals surface area contributed by atoms with Crippen molar-refractivity contribution in [2.75, 3.05) is 7.11 Å². The second kappa shape index (κ2) is 3.13. The number of fused-ring (bicyclic) bond motifs is 2. The van der Waals surface area contributed by atoms with Gasteiger partial charge in [-0.2, -0.15) is 0 Å². The first kappa shape index (κ1) is 9.03. The lowest BCUT2D eigenvalue weighted by Crippen LogP contribution is -1.93. The Hall–Kier alpha value is -2.23. The minimum absolute atomic E-state index is 0.370. The van der Waals surface area contributed by atoms with Crippen molar-refractivity contribution >= 4 is 21.9 Å². The van der Waals surface area contributed by atoms with Gasteiger partial charge in [0.05, 0.1) is 12.5 Å².